The molecule has 0 radical (unpaired) electrons. The Labute approximate surface area is 236 Å². The molecule has 2 bridgehead atoms. The number of carbonyl (C=O) groups is 3. The average Bonchev–Trinajstić information content (AvgIpc) is 3.25. The van der Waals surface area contributed by atoms with Gasteiger partial charge in [-0.3, -0.25) is 10.1 Å². The van der Waals surface area contributed by atoms with Crippen LogP contribution in [0.25, 0.3) is 11.3 Å². The third-order valence-corrected chi connectivity index (χ3v) is 7.58. The number of rotatable bonds is 7. The molecule has 0 fully saturated rings. The van der Waals surface area contributed by atoms with E-state index in [9.17, 15) is 14.4 Å². The van der Waals surface area contributed by atoms with E-state index in [0.717, 1.165) is 6.04 Å². The lowest BCUT2D eigenvalue weighted by molar-refractivity contribution is -0.115. The molecular weight excluding hydrogens is 530 g/mol. The standard InChI is InChI=1S/C28H41N5O6Si/c1-28(2,3)39-27(36)32-21-10-8-9-11-24(34)30-22-16-19(29-26(35)37-4)12-13-20(22)23-17-33(25(21)31-23)18-38-14-15-40(5,6)7/h8-9,12-13,16-17,21H,10-11,14-15,18H2,1-7H3,(H,29,35)(H,30,34)(H,32,36)/b9-8-/t21-/m0/s1. The Balaban J connectivity index is 2.04. The third kappa shape index (κ3) is 9.52. The molecule has 2 heterocycles. The third-order valence-electron chi connectivity index (χ3n) is 5.88. The maximum Gasteiger partial charge on any atom is 0.411 e. The quantitative estimate of drug-likeness (QED) is 0.214. The Morgan fingerprint density at radius 2 is 1.93 bits per heavy atom. The summed E-state index contributed by atoms with van der Waals surface area (Å²) in [7, 11) is -0.00755. The predicted octanol–water partition coefficient (Wildman–Crippen LogP) is 5.90. The van der Waals surface area contributed by atoms with E-state index >= 15 is 0 Å². The van der Waals surface area contributed by atoms with E-state index in [2.05, 4.69) is 35.6 Å². The summed E-state index contributed by atoms with van der Waals surface area (Å²) in [5.41, 5.74) is 1.47. The number of alkyl carbamates (subject to hydrolysis) is 1. The van der Waals surface area contributed by atoms with Crippen molar-refractivity contribution in [1.29, 1.82) is 0 Å². The molecule has 3 N–H and O–H groups in total. The number of ether oxygens (including phenoxy) is 3. The molecule has 1 atom stereocenters. The second kappa shape index (κ2) is 13.1. The number of fused-ring (bicyclic) bond motifs is 4. The van der Waals surface area contributed by atoms with Crippen molar-refractivity contribution in [3.8, 4) is 11.3 Å². The Kier molecular flexibility index (Phi) is 10.1. The molecule has 2 aromatic rings. The molecule has 0 aliphatic carbocycles. The number of carbonyl (C=O) groups excluding carboxylic acids is 3. The van der Waals surface area contributed by atoms with Crippen LogP contribution in [0, 0.1) is 0 Å². The lowest BCUT2D eigenvalue weighted by atomic mass is 10.1. The molecule has 40 heavy (non-hydrogen) atoms. The summed E-state index contributed by atoms with van der Waals surface area (Å²) in [6.45, 7) is 13.1. The minimum atomic E-state index is -1.28. The van der Waals surface area contributed by atoms with Crippen LogP contribution in [0.3, 0.4) is 0 Å². The number of anilines is 2. The molecule has 12 heteroatoms. The van der Waals surface area contributed by atoms with Gasteiger partial charge in [0.25, 0.3) is 0 Å². The van der Waals surface area contributed by atoms with E-state index in [1.54, 1.807) is 45.0 Å². The van der Waals surface area contributed by atoms with Crippen LogP contribution in [0.15, 0.2) is 36.5 Å². The van der Waals surface area contributed by atoms with Gasteiger partial charge in [0.05, 0.1) is 24.5 Å². The van der Waals surface area contributed by atoms with Crippen LogP contribution in [0.5, 0.6) is 0 Å². The van der Waals surface area contributed by atoms with Gasteiger partial charge in [0.15, 0.2) is 0 Å². The normalized spacial score (nSPS) is 16.5. The first-order valence-electron chi connectivity index (χ1n) is 13.3. The molecule has 3 rings (SSSR count). The Hall–Kier alpha value is -3.64. The second-order valence-corrected chi connectivity index (χ2v) is 17.5. The van der Waals surface area contributed by atoms with Gasteiger partial charge in [-0.2, -0.15) is 0 Å². The summed E-state index contributed by atoms with van der Waals surface area (Å²) in [4.78, 5) is 42.2. The molecule has 1 aliphatic heterocycles. The highest BCUT2D eigenvalue weighted by Crippen LogP contribution is 2.33. The second-order valence-electron chi connectivity index (χ2n) is 11.8. The van der Waals surface area contributed by atoms with E-state index < -0.39 is 31.9 Å². The highest BCUT2D eigenvalue weighted by atomic mass is 28.3. The molecule has 0 saturated heterocycles. The maximum absolute atomic E-state index is 12.8. The minimum absolute atomic E-state index is 0.127. The van der Waals surface area contributed by atoms with Gasteiger partial charge in [-0.25, -0.2) is 14.6 Å². The number of aromatic nitrogens is 2. The Morgan fingerprint density at radius 1 is 1.18 bits per heavy atom. The van der Waals surface area contributed by atoms with Crippen molar-refractivity contribution in [3.05, 3.63) is 42.4 Å². The largest absolute Gasteiger partial charge is 0.453 e. The van der Waals surface area contributed by atoms with Gasteiger partial charge in [-0.05, 0) is 51.4 Å². The molecule has 1 aromatic carbocycles. The van der Waals surface area contributed by atoms with Crippen LogP contribution in [0.4, 0.5) is 21.0 Å². The summed E-state index contributed by atoms with van der Waals surface area (Å²) in [5, 5.41) is 8.48. The van der Waals surface area contributed by atoms with Crippen molar-refractivity contribution in [1.82, 2.24) is 14.9 Å². The monoisotopic (exact) mass is 571 g/mol. The van der Waals surface area contributed by atoms with Crippen LogP contribution in [-0.2, 0) is 25.7 Å². The first-order chi connectivity index (χ1) is 18.7. The molecule has 0 unspecified atom stereocenters. The number of amides is 3. The summed E-state index contributed by atoms with van der Waals surface area (Å²) in [5.74, 6) is 0.354. The molecule has 1 aliphatic rings. The summed E-state index contributed by atoms with van der Waals surface area (Å²) in [6.07, 6.45) is 4.76. The van der Waals surface area contributed by atoms with E-state index in [-0.39, 0.29) is 19.1 Å². The van der Waals surface area contributed by atoms with Crippen molar-refractivity contribution in [2.45, 2.75) is 77.7 Å². The summed E-state index contributed by atoms with van der Waals surface area (Å²) < 4.78 is 18.1. The fourth-order valence-electron chi connectivity index (χ4n) is 3.90. The van der Waals surface area contributed by atoms with Crippen LogP contribution >= 0.6 is 0 Å². The maximum atomic E-state index is 12.8. The number of hydrogen-bond donors (Lipinski definition) is 3. The highest BCUT2D eigenvalue weighted by molar-refractivity contribution is 6.76. The lowest BCUT2D eigenvalue weighted by Gasteiger charge is -2.23. The summed E-state index contributed by atoms with van der Waals surface area (Å²) >= 11 is 0. The Bertz CT molecular complexity index is 1240. The van der Waals surface area contributed by atoms with Gasteiger partial charge < -0.3 is 29.4 Å². The first-order valence-corrected chi connectivity index (χ1v) is 17.0. The average molecular weight is 572 g/mol. The number of imidazole rings is 1. The van der Waals surface area contributed by atoms with Crippen molar-refractivity contribution in [2.75, 3.05) is 24.4 Å². The van der Waals surface area contributed by atoms with Crippen LogP contribution in [0.1, 0.15) is 45.5 Å². The fraction of sp³-hybridized carbons (Fsp3) is 0.500. The summed E-state index contributed by atoms with van der Waals surface area (Å²) in [6, 6.07) is 5.59. The van der Waals surface area contributed by atoms with Crippen molar-refractivity contribution >= 4 is 37.5 Å². The zero-order valence-corrected chi connectivity index (χ0v) is 25.4. The zero-order chi connectivity index (χ0) is 29.5. The van der Waals surface area contributed by atoms with E-state index in [0.29, 0.717) is 41.5 Å². The topological polar surface area (TPSA) is 133 Å². The van der Waals surface area contributed by atoms with Gasteiger partial charge in [0.2, 0.25) is 5.91 Å². The zero-order valence-electron chi connectivity index (χ0n) is 24.4. The fourth-order valence-corrected chi connectivity index (χ4v) is 4.66. The number of nitrogens with one attached hydrogen (secondary N) is 3. The molecule has 11 nitrogen and oxygen atoms in total. The smallest absolute Gasteiger partial charge is 0.411 e. The molecule has 1 aromatic heterocycles. The van der Waals surface area contributed by atoms with Gasteiger partial charge in [0.1, 0.15) is 18.2 Å². The molecular formula is C28H41N5O6Si. The minimum Gasteiger partial charge on any atom is -0.453 e. The highest BCUT2D eigenvalue weighted by Gasteiger charge is 2.26. The molecule has 0 saturated carbocycles. The SMILES string of the molecule is COC(=O)Nc1ccc2c(c1)NC(=O)C/C=C\C[C@H](NC(=O)OC(C)(C)C)c1nc-2cn1COCC[Si](C)(C)C. The molecule has 0 spiro atoms. The molecule has 3 amide bonds. The first kappa shape index (κ1) is 30.9. The van der Waals surface area contributed by atoms with Crippen LogP contribution in [-0.4, -0.2) is 55.0 Å². The Morgan fingerprint density at radius 3 is 2.60 bits per heavy atom. The van der Waals surface area contributed by atoms with Crippen LogP contribution < -0.4 is 16.0 Å². The number of hydrogen-bond acceptors (Lipinski definition) is 7. The van der Waals surface area contributed by atoms with E-state index in [1.807, 2.05) is 16.8 Å². The van der Waals surface area contributed by atoms with Gasteiger partial charge in [0, 0.05) is 38.5 Å². The van der Waals surface area contributed by atoms with Gasteiger partial charge >= 0.3 is 12.2 Å². The van der Waals surface area contributed by atoms with Crippen molar-refractivity contribution in [3.63, 3.8) is 0 Å². The number of methoxy groups -OCH3 is 1. The number of nitrogens with zero attached hydrogens (tertiary/aromatic N) is 2. The molecule has 218 valence electrons. The van der Waals surface area contributed by atoms with Gasteiger partial charge in [-0.15, -0.1) is 0 Å². The van der Waals surface area contributed by atoms with Crippen LogP contribution in [0.2, 0.25) is 25.7 Å². The predicted molar refractivity (Wildman–Crippen MR) is 157 cm³/mol. The van der Waals surface area contributed by atoms with Crippen molar-refractivity contribution in [2.24, 2.45) is 0 Å². The van der Waals surface area contributed by atoms with E-state index in [4.69, 9.17) is 19.2 Å². The van der Waals surface area contributed by atoms with Gasteiger partial charge in [-0.1, -0.05) is 31.8 Å². The number of benzene rings is 1. The van der Waals surface area contributed by atoms with E-state index in [1.165, 1.54) is 7.11 Å². The lowest BCUT2D eigenvalue weighted by Crippen LogP contribution is -2.36. The van der Waals surface area contributed by atoms with Crippen molar-refractivity contribution < 1.29 is 28.6 Å².